The molecule has 0 atom stereocenters. The molecule has 16 heavy (non-hydrogen) atoms. The number of carbonyl (C=O) groups is 1. The highest BCUT2D eigenvalue weighted by atomic mass is 127. The maximum atomic E-state index is 13.7. The highest BCUT2D eigenvalue weighted by Crippen LogP contribution is 2.30. The minimum Gasteiger partial charge on any atom is -0.477 e. The molecule has 84 valence electrons. The first kappa shape index (κ1) is 11.6. The fourth-order valence-corrected chi connectivity index (χ4v) is 3.14. The number of hydrogen-bond acceptors (Lipinski definition) is 3. The molecule has 0 radical (unpaired) electrons. The molecule has 0 aliphatic carbocycles. The Morgan fingerprint density at radius 3 is 2.94 bits per heavy atom. The molecule has 2 aromatic rings. The van der Waals surface area contributed by atoms with Crippen LogP contribution in [0.5, 0.6) is 0 Å². The molecule has 4 nitrogen and oxygen atoms in total. The number of nitrogens with zero attached hydrogens (tertiary/aromatic N) is 2. The van der Waals surface area contributed by atoms with Gasteiger partial charge in [0.1, 0.15) is 5.69 Å². The van der Waals surface area contributed by atoms with E-state index in [0.29, 0.717) is 5.52 Å². The maximum Gasteiger partial charge on any atom is 0.353 e. The molecule has 2 aromatic heterocycles. The number of carboxylic acid groups (broad SMARTS) is 1. The van der Waals surface area contributed by atoms with Gasteiger partial charge in [0.05, 0.1) is 17.4 Å². The number of aromatic nitrogens is 2. The van der Waals surface area contributed by atoms with Crippen molar-refractivity contribution in [2.24, 2.45) is 0 Å². The zero-order valence-corrected chi connectivity index (χ0v) is 11.0. The molecule has 1 N–H and O–H groups in total. The van der Waals surface area contributed by atoms with Crippen molar-refractivity contribution in [3.8, 4) is 0 Å². The van der Waals surface area contributed by atoms with Crippen LogP contribution in [-0.4, -0.2) is 20.0 Å². The van der Waals surface area contributed by atoms with Crippen LogP contribution < -0.4 is 0 Å². The highest BCUT2D eigenvalue weighted by molar-refractivity contribution is 14.2. The summed E-state index contributed by atoms with van der Waals surface area (Å²) in [4.78, 5) is 14.8. The third-order valence-electron chi connectivity index (χ3n) is 2.22. The summed E-state index contributed by atoms with van der Waals surface area (Å²) in [5, 5.41) is 9.26. The van der Waals surface area contributed by atoms with Gasteiger partial charge in [-0.2, -0.15) is 0 Å². The van der Waals surface area contributed by atoms with Crippen molar-refractivity contribution in [2.45, 2.75) is 6.92 Å². The third-order valence-corrected chi connectivity index (χ3v) is 3.93. The topological polar surface area (TPSA) is 55.1 Å². The summed E-state index contributed by atoms with van der Waals surface area (Å²) in [5.41, 5.74) is 0.778. The molecule has 0 aromatic carbocycles. The Bertz CT molecular complexity index is 584. The lowest BCUT2D eigenvalue weighted by Crippen LogP contribution is -2.01. The van der Waals surface area contributed by atoms with E-state index in [1.54, 1.807) is 6.92 Å². The number of hydrogen-bond donors (Lipinski definition) is 1. The molecule has 0 unspecified atom stereocenters. The summed E-state index contributed by atoms with van der Waals surface area (Å²) >= 11 is 1.94. The Balaban J connectivity index is 2.87. The lowest BCUT2D eigenvalue weighted by molar-refractivity contribution is 0.0690. The molecule has 0 amide bonds. The first-order chi connectivity index (χ1) is 7.56. The SMILES string of the molecule is Cc1ncc2c(cc(C(=O)O)n2SI)c1F. The quantitative estimate of drug-likeness (QED) is 0.845. The van der Waals surface area contributed by atoms with Crippen LogP contribution in [0, 0.1) is 12.7 Å². The first-order valence-corrected chi connectivity index (χ1v) is 7.56. The molecule has 0 bridgehead atoms. The minimum absolute atomic E-state index is 0.0423. The number of fused-ring (bicyclic) bond motifs is 1. The summed E-state index contributed by atoms with van der Waals surface area (Å²) in [6.07, 6.45) is 1.48. The third kappa shape index (κ3) is 1.67. The van der Waals surface area contributed by atoms with E-state index in [2.05, 4.69) is 4.98 Å². The van der Waals surface area contributed by atoms with E-state index in [-0.39, 0.29) is 16.8 Å². The van der Waals surface area contributed by atoms with Gasteiger partial charge in [-0.1, -0.05) is 0 Å². The summed E-state index contributed by atoms with van der Waals surface area (Å²) in [7, 11) is 1.17. The average Bonchev–Trinajstić information content (AvgIpc) is 2.62. The summed E-state index contributed by atoms with van der Waals surface area (Å²) < 4.78 is 15.1. The Hall–Kier alpha value is -0.830. The Labute approximate surface area is 107 Å². The molecule has 0 aliphatic heterocycles. The van der Waals surface area contributed by atoms with Crippen molar-refractivity contribution >= 4 is 47.2 Å². The van der Waals surface area contributed by atoms with Crippen molar-refractivity contribution < 1.29 is 14.3 Å². The van der Waals surface area contributed by atoms with Crippen molar-refractivity contribution in [1.82, 2.24) is 8.96 Å². The lowest BCUT2D eigenvalue weighted by Gasteiger charge is -2.01. The van der Waals surface area contributed by atoms with Gasteiger partial charge in [0.25, 0.3) is 0 Å². The zero-order chi connectivity index (χ0) is 11.9. The second kappa shape index (κ2) is 4.21. The van der Waals surface area contributed by atoms with Gasteiger partial charge in [0.2, 0.25) is 0 Å². The van der Waals surface area contributed by atoms with Gasteiger partial charge in [-0.05, 0) is 13.0 Å². The van der Waals surface area contributed by atoms with Gasteiger partial charge in [0, 0.05) is 35.7 Å². The van der Waals surface area contributed by atoms with Gasteiger partial charge in [-0.15, -0.1) is 0 Å². The van der Waals surface area contributed by atoms with E-state index in [1.807, 2.05) is 21.2 Å². The minimum atomic E-state index is -1.09. The van der Waals surface area contributed by atoms with Gasteiger partial charge in [0.15, 0.2) is 5.82 Å². The maximum absolute atomic E-state index is 13.7. The van der Waals surface area contributed by atoms with Crippen LogP contribution in [0.25, 0.3) is 10.9 Å². The second-order valence-corrected chi connectivity index (χ2v) is 4.84. The Kier molecular flexibility index (Phi) is 3.06. The number of carboxylic acids is 1. The molecule has 0 spiro atoms. The molecule has 0 fully saturated rings. The predicted octanol–water partition coefficient (Wildman–Crippen LogP) is 3.03. The number of aromatic carboxylic acids is 1. The summed E-state index contributed by atoms with van der Waals surface area (Å²) in [6, 6.07) is 1.33. The van der Waals surface area contributed by atoms with Crippen LogP contribution in [0.1, 0.15) is 16.2 Å². The average molecular weight is 352 g/mol. The molecule has 2 rings (SSSR count). The second-order valence-electron chi connectivity index (χ2n) is 3.15. The van der Waals surface area contributed by atoms with E-state index in [9.17, 15) is 9.18 Å². The van der Waals surface area contributed by atoms with Gasteiger partial charge < -0.3 is 5.11 Å². The molecule has 0 saturated carbocycles. The van der Waals surface area contributed by atoms with Crippen molar-refractivity contribution in [1.29, 1.82) is 0 Å². The normalized spacial score (nSPS) is 10.9. The van der Waals surface area contributed by atoms with Crippen LogP contribution in [0.4, 0.5) is 4.39 Å². The monoisotopic (exact) mass is 352 g/mol. The van der Waals surface area contributed by atoms with Crippen LogP contribution in [0.3, 0.4) is 0 Å². The van der Waals surface area contributed by atoms with E-state index in [1.165, 1.54) is 25.4 Å². The molecular weight excluding hydrogens is 346 g/mol. The van der Waals surface area contributed by atoms with E-state index in [0.717, 1.165) is 0 Å². The van der Waals surface area contributed by atoms with E-state index in [4.69, 9.17) is 5.11 Å². The van der Waals surface area contributed by atoms with Gasteiger partial charge >= 0.3 is 5.97 Å². The number of pyridine rings is 1. The van der Waals surface area contributed by atoms with Crippen LogP contribution in [0.15, 0.2) is 12.3 Å². The lowest BCUT2D eigenvalue weighted by atomic mass is 10.2. The van der Waals surface area contributed by atoms with Crippen molar-refractivity contribution in [3.63, 3.8) is 0 Å². The summed E-state index contributed by atoms with van der Waals surface area (Å²) in [5.74, 6) is -1.55. The Morgan fingerprint density at radius 1 is 1.69 bits per heavy atom. The van der Waals surface area contributed by atoms with Crippen molar-refractivity contribution in [3.05, 3.63) is 29.5 Å². The molecule has 0 saturated heterocycles. The smallest absolute Gasteiger partial charge is 0.353 e. The highest BCUT2D eigenvalue weighted by Gasteiger charge is 2.18. The van der Waals surface area contributed by atoms with Gasteiger partial charge in [-0.3, -0.25) is 8.96 Å². The fraction of sp³-hybridized carbons (Fsp3) is 0.111. The fourth-order valence-electron chi connectivity index (χ4n) is 1.44. The summed E-state index contributed by atoms with van der Waals surface area (Å²) in [6.45, 7) is 1.55. The number of aryl methyl sites for hydroxylation is 1. The largest absolute Gasteiger partial charge is 0.477 e. The first-order valence-electron chi connectivity index (χ1n) is 4.25. The predicted molar refractivity (Wildman–Crippen MR) is 68.4 cm³/mol. The van der Waals surface area contributed by atoms with E-state index >= 15 is 0 Å². The van der Waals surface area contributed by atoms with E-state index < -0.39 is 11.8 Å². The Morgan fingerprint density at radius 2 is 2.38 bits per heavy atom. The molecule has 7 heteroatoms. The number of halogens is 2. The molecule has 2 heterocycles. The number of rotatable bonds is 2. The standard InChI is InChI=1S/C9H6FIN2O2S/c1-4-8(10)5-2-6(9(14)15)13(16-11)7(5)3-12-4/h2-3H,1H3,(H,14,15). The van der Waals surface area contributed by atoms with Gasteiger partial charge in [-0.25, -0.2) is 9.18 Å². The molecule has 0 aliphatic rings. The van der Waals surface area contributed by atoms with Crippen LogP contribution in [0.2, 0.25) is 0 Å². The zero-order valence-electron chi connectivity index (χ0n) is 8.07. The van der Waals surface area contributed by atoms with Crippen LogP contribution >= 0.6 is 30.3 Å². The van der Waals surface area contributed by atoms with Crippen molar-refractivity contribution in [2.75, 3.05) is 0 Å². The molecular formula is C9H6FIN2O2S. The van der Waals surface area contributed by atoms with Crippen LogP contribution in [-0.2, 0) is 0 Å².